The molecule has 1 aromatic heterocycles. The Labute approximate surface area is 101 Å². The van der Waals surface area contributed by atoms with Crippen molar-refractivity contribution in [3.8, 4) is 0 Å². The first-order chi connectivity index (χ1) is 7.45. The molecule has 0 unspecified atom stereocenters. The Morgan fingerprint density at radius 1 is 1.25 bits per heavy atom. The van der Waals surface area contributed by atoms with Crippen LogP contribution in [0.4, 0.5) is 0 Å². The second-order valence-corrected chi connectivity index (χ2v) is 3.87. The zero-order chi connectivity index (χ0) is 10.1. The fourth-order valence-electron chi connectivity index (χ4n) is 2.15. The number of para-hydroxylation sites is 1. The predicted octanol–water partition coefficient (Wildman–Crippen LogP) is 2.25. The third-order valence-corrected chi connectivity index (χ3v) is 2.92. The van der Waals surface area contributed by atoms with E-state index in [0.29, 0.717) is 6.04 Å². The molecular formula is C12H15ClN2O. The Kier molecular flexibility index (Phi) is 3.49. The average molecular weight is 239 g/mol. The molecule has 0 bridgehead atoms. The monoisotopic (exact) mass is 238 g/mol. The molecule has 0 spiro atoms. The first kappa shape index (κ1) is 11.5. The maximum absolute atomic E-state index is 5.48. The normalized spacial score (nSPS) is 20.6. The second-order valence-electron chi connectivity index (χ2n) is 3.87. The number of aromatic nitrogens is 1. The zero-order valence-corrected chi connectivity index (χ0v) is 9.72. The van der Waals surface area contributed by atoms with Crippen molar-refractivity contribution in [3.63, 3.8) is 0 Å². The van der Waals surface area contributed by atoms with E-state index < -0.39 is 0 Å². The van der Waals surface area contributed by atoms with Gasteiger partial charge in [0.1, 0.15) is 0 Å². The molecule has 3 nitrogen and oxygen atoms in total. The van der Waals surface area contributed by atoms with Crippen molar-refractivity contribution in [3.05, 3.63) is 36.0 Å². The summed E-state index contributed by atoms with van der Waals surface area (Å²) in [6, 6.07) is 8.70. The van der Waals surface area contributed by atoms with E-state index in [4.69, 9.17) is 4.74 Å². The van der Waals surface area contributed by atoms with Crippen molar-refractivity contribution in [2.45, 2.75) is 6.04 Å². The largest absolute Gasteiger partial charge is 0.378 e. The van der Waals surface area contributed by atoms with Gasteiger partial charge >= 0.3 is 0 Å². The molecule has 1 aliphatic heterocycles. The minimum absolute atomic E-state index is 0. The highest BCUT2D eigenvalue weighted by molar-refractivity contribution is 5.85. The van der Waals surface area contributed by atoms with Crippen molar-refractivity contribution >= 4 is 23.3 Å². The van der Waals surface area contributed by atoms with Gasteiger partial charge in [-0.15, -0.1) is 12.4 Å². The minimum atomic E-state index is 0. The molecule has 1 saturated heterocycles. The molecule has 3 rings (SSSR count). The smallest absolute Gasteiger partial charge is 0.0662 e. The number of aromatic amines is 1. The fraction of sp³-hybridized carbons (Fsp3) is 0.333. The third kappa shape index (κ3) is 1.94. The van der Waals surface area contributed by atoms with Crippen LogP contribution in [0.3, 0.4) is 0 Å². The molecule has 2 aromatic rings. The molecule has 0 amide bonds. The SMILES string of the molecule is Cl.c1ccc2c([C@H]3COCCN3)c[nH]c2c1. The van der Waals surface area contributed by atoms with Crippen molar-refractivity contribution in [2.24, 2.45) is 0 Å². The van der Waals surface area contributed by atoms with Crippen LogP contribution >= 0.6 is 12.4 Å². The Morgan fingerprint density at radius 3 is 2.94 bits per heavy atom. The predicted molar refractivity (Wildman–Crippen MR) is 67.1 cm³/mol. The van der Waals surface area contributed by atoms with Crippen LogP contribution in [0.15, 0.2) is 30.5 Å². The van der Waals surface area contributed by atoms with Gasteiger partial charge in [0.25, 0.3) is 0 Å². The average Bonchev–Trinajstić information content (AvgIpc) is 2.74. The van der Waals surface area contributed by atoms with Crippen molar-refractivity contribution in [1.29, 1.82) is 0 Å². The Balaban J connectivity index is 0.000000963. The molecule has 0 saturated carbocycles. The summed E-state index contributed by atoms with van der Waals surface area (Å²) in [7, 11) is 0. The molecule has 1 aliphatic rings. The molecular weight excluding hydrogens is 224 g/mol. The summed E-state index contributed by atoms with van der Waals surface area (Å²) in [5, 5.41) is 4.76. The van der Waals surface area contributed by atoms with Crippen LogP contribution < -0.4 is 5.32 Å². The van der Waals surface area contributed by atoms with Gasteiger partial charge in [0.05, 0.1) is 19.3 Å². The number of H-pyrrole nitrogens is 1. The highest BCUT2D eigenvalue weighted by Crippen LogP contribution is 2.24. The first-order valence-electron chi connectivity index (χ1n) is 5.32. The van der Waals surface area contributed by atoms with Crippen LogP contribution in [0.25, 0.3) is 10.9 Å². The van der Waals surface area contributed by atoms with Gasteiger partial charge in [-0.05, 0) is 11.6 Å². The lowest BCUT2D eigenvalue weighted by molar-refractivity contribution is 0.0773. The Bertz CT molecular complexity index is 463. The number of benzene rings is 1. The van der Waals surface area contributed by atoms with Gasteiger partial charge < -0.3 is 15.0 Å². The highest BCUT2D eigenvalue weighted by Gasteiger charge is 2.17. The molecule has 0 radical (unpaired) electrons. The molecule has 1 atom stereocenters. The molecule has 86 valence electrons. The summed E-state index contributed by atoms with van der Waals surface area (Å²) in [5.41, 5.74) is 2.50. The minimum Gasteiger partial charge on any atom is -0.378 e. The van der Waals surface area contributed by atoms with Gasteiger partial charge in [-0.2, -0.15) is 0 Å². The summed E-state index contributed by atoms with van der Waals surface area (Å²) in [5.74, 6) is 0. The van der Waals surface area contributed by atoms with E-state index in [0.717, 1.165) is 19.8 Å². The number of rotatable bonds is 1. The van der Waals surface area contributed by atoms with E-state index in [-0.39, 0.29) is 12.4 Å². The molecule has 1 aromatic carbocycles. The fourth-order valence-corrected chi connectivity index (χ4v) is 2.15. The Hall–Kier alpha value is -1.03. The molecule has 2 heterocycles. The van der Waals surface area contributed by atoms with Gasteiger partial charge in [0.2, 0.25) is 0 Å². The van der Waals surface area contributed by atoms with E-state index in [2.05, 4.69) is 34.7 Å². The summed E-state index contributed by atoms with van der Waals surface area (Å²) >= 11 is 0. The van der Waals surface area contributed by atoms with Crippen LogP contribution in [-0.4, -0.2) is 24.7 Å². The number of hydrogen-bond donors (Lipinski definition) is 2. The standard InChI is InChI=1S/C12H14N2O.ClH/c1-2-4-11-9(3-1)10(7-14-11)12-8-15-6-5-13-12;/h1-4,7,12-14H,5-6,8H2;1H/t12-;/m1./s1. The maximum Gasteiger partial charge on any atom is 0.0662 e. The quantitative estimate of drug-likeness (QED) is 0.800. The molecule has 0 aliphatic carbocycles. The van der Waals surface area contributed by atoms with Crippen LogP contribution in [0.5, 0.6) is 0 Å². The van der Waals surface area contributed by atoms with E-state index in [1.165, 1.54) is 16.5 Å². The third-order valence-electron chi connectivity index (χ3n) is 2.92. The number of ether oxygens (including phenoxy) is 1. The lowest BCUT2D eigenvalue weighted by Crippen LogP contribution is -2.34. The summed E-state index contributed by atoms with van der Waals surface area (Å²) in [6.07, 6.45) is 2.08. The molecule has 4 heteroatoms. The van der Waals surface area contributed by atoms with Gasteiger partial charge in [-0.25, -0.2) is 0 Å². The van der Waals surface area contributed by atoms with Crippen molar-refractivity contribution in [1.82, 2.24) is 10.3 Å². The molecule has 1 fully saturated rings. The van der Waals surface area contributed by atoms with Crippen molar-refractivity contribution < 1.29 is 4.74 Å². The second kappa shape index (κ2) is 4.87. The van der Waals surface area contributed by atoms with Gasteiger partial charge in [-0.1, -0.05) is 18.2 Å². The number of halogens is 1. The van der Waals surface area contributed by atoms with E-state index in [1.54, 1.807) is 0 Å². The van der Waals surface area contributed by atoms with E-state index in [1.807, 2.05) is 6.07 Å². The zero-order valence-electron chi connectivity index (χ0n) is 8.90. The Morgan fingerprint density at radius 2 is 2.12 bits per heavy atom. The number of morpholine rings is 1. The van der Waals surface area contributed by atoms with Crippen LogP contribution in [0.1, 0.15) is 11.6 Å². The number of nitrogens with one attached hydrogen (secondary N) is 2. The van der Waals surface area contributed by atoms with Gasteiger partial charge in [0, 0.05) is 23.6 Å². The number of hydrogen-bond acceptors (Lipinski definition) is 2. The summed E-state index contributed by atoms with van der Waals surface area (Å²) < 4.78 is 5.48. The van der Waals surface area contributed by atoms with E-state index >= 15 is 0 Å². The molecule has 16 heavy (non-hydrogen) atoms. The lowest BCUT2D eigenvalue weighted by Gasteiger charge is -2.23. The first-order valence-corrected chi connectivity index (χ1v) is 5.32. The van der Waals surface area contributed by atoms with Crippen LogP contribution in [-0.2, 0) is 4.74 Å². The van der Waals surface area contributed by atoms with Crippen LogP contribution in [0.2, 0.25) is 0 Å². The summed E-state index contributed by atoms with van der Waals surface area (Å²) in [4.78, 5) is 3.29. The number of fused-ring (bicyclic) bond motifs is 1. The van der Waals surface area contributed by atoms with Crippen LogP contribution in [0, 0.1) is 0 Å². The van der Waals surface area contributed by atoms with Gasteiger partial charge in [-0.3, -0.25) is 0 Å². The molecule has 2 N–H and O–H groups in total. The van der Waals surface area contributed by atoms with E-state index in [9.17, 15) is 0 Å². The maximum atomic E-state index is 5.48. The highest BCUT2D eigenvalue weighted by atomic mass is 35.5. The van der Waals surface area contributed by atoms with Crippen molar-refractivity contribution in [2.75, 3.05) is 19.8 Å². The van der Waals surface area contributed by atoms with Gasteiger partial charge in [0.15, 0.2) is 0 Å². The lowest BCUT2D eigenvalue weighted by atomic mass is 10.1. The summed E-state index contributed by atoms with van der Waals surface area (Å²) in [6.45, 7) is 2.52. The topological polar surface area (TPSA) is 37.0 Å².